The minimum atomic E-state index is -4.42. The van der Waals surface area contributed by atoms with Crippen LogP contribution in [-0.4, -0.2) is 9.97 Å². The van der Waals surface area contributed by atoms with Gasteiger partial charge in [0.2, 0.25) is 5.95 Å². The predicted molar refractivity (Wildman–Crippen MR) is 70.9 cm³/mol. The van der Waals surface area contributed by atoms with Crippen LogP contribution in [-0.2, 0) is 6.18 Å². The van der Waals surface area contributed by atoms with Crippen molar-refractivity contribution in [3.63, 3.8) is 0 Å². The van der Waals surface area contributed by atoms with Crippen LogP contribution in [0.4, 0.5) is 30.6 Å². The second kappa shape index (κ2) is 5.16. The maximum Gasteiger partial charge on any atom is 0.416 e. The topological polar surface area (TPSA) is 63.8 Å². The average molecular weight is 303 g/mol. The molecule has 0 aliphatic rings. The van der Waals surface area contributed by atoms with Crippen LogP contribution in [0.25, 0.3) is 0 Å². The van der Waals surface area contributed by atoms with Crippen LogP contribution in [0.2, 0.25) is 5.02 Å². The predicted octanol–water partition coefficient (Wildman–Crippen LogP) is 3.78. The Balaban J connectivity index is 2.40. The summed E-state index contributed by atoms with van der Waals surface area (Å²) in [5.41, 5.74) is 5.52. The molecule has 0 amide bonds. The molecule has 0 unspecified atom stereocenters. The van der Waals surface area contributed by atoms with Crippen LogP contribution in [0.3, 0.4) is 0 Å². The van der Waals surface area contributed by atoms with Crippen molar-refractivity contribution in [1.82, 2.24) is 9.97 Å². The van der Waals surface area contributed by atoms with E-state index < -0.39 is 11.7 Å². The normalized spacial score (nSPS) is 11.4. The molecule has 0 spiro atoms. The first kappa shape index (κ1) is 14.4. The SMILES string of the molecule is Cc1ccc(C(F)(F)F)cc1Nc1nc(N)ncc1Cl. The minimum Gasteiger partial charge on any atom is -0.368 e. The highest BCUT2D eigenvalue weighted by Gasteiger charge is 2.30. The molecule has 106 valence electrons. The summed E-state index contributed by atoms with van der Waals surface area (Å²) >= 11 is 5.86. The van der Waals surface area contributed by atoms with Crippen molar-refractivity contribution in [3.8, 4) is 0 Å². The highest BCUT2D eigenvalue weighted by atomic mass is 35.5. The first-order chi connectivity index (χ1) is 9.27. The summed E-state index contributed by atoms with van der Waals surface area (Å²) in [6.07, 6.45) is -3.15. The van der Waals surface area contributed by atoms with Crippen molar-refractivity contribution < 1.29 is 13.2 Å². The molecular weight excluding hydrogens is 293 g/mol. The molecule has 2 rings (SSSR count). The summed E-state index contributed by atoms with van der Waals surface area (Å²) in [7, 11) is 0. The number of hydrogen-bond acceptors (Lipinski definition) is 4. The van der Waals surface area contributed by atoms with Crippen molar-refractivity contribution in [2.75, 3.05) is 11.1 Å². The van der Waals surface area contributed by atoms with E-state index in [2.05, 4.69) is 15.3 Å². The van der Waals surface area contributed by atoms with E-state index in [0.29, 0.717) is 5.56 Å². The van der Waals surface area contributed by atoms with Crippen molar-refractivity contribution >= 4 is 29.1 Å². The molecule has 0 aliphatic carbocycles. The number of anilines is 3. The Hall–Kier alpha value is -2.02. The highest BCUT2D eigenvalue weighted by Crippen LogP contribution is 2.33. The molecule has 0 aliphatic heterocycles. The molecule has 1 heterocycles. The Morgan fingerprint density at radius 1 is 1.30 bits per heavy atom. The maximum atomic E-state index is 12.7. The van der Waals surface area contributed by atoms with Crippen molar-refractivity contribution in [2.24, 2.45) is 0 Å². The zero-order valence-corrected chi connectivity index (χ0v) is 11.0. The number of halogens is 4. The van der Waals surface area contributed by atoms with Crippen molar-refractivity contribution in [2.45, 2.75) is 13.1 Å². The Morgan fingerprint density at radius 2 is 2.00 bits per heavy atom. The average Bonchev–Trinajstić information content (AvgIpc) is 2.35. The number of nitrogens with zero attached hydrogens (tertiary/aromatic N) is 2. The second-order valence-electron chi connectivity index (χ2n) is 4.08. The summed E-state index contributed by atoms with van der Waals surface area (Å²) in [4.78, 5) is 7.52. The molecule has 4 nitrogen and oxygen atoms in total. The van der Waals surface area contributed by atoms with Gasteiger partial charge >= 0.3 is 6.18 Å². The summed E-state index contributed by atoms with van der Waals surface area (Å²) in [6, 6.07) is 3.37. The lowest BCUT2D eigenvalue weighted by Gasteiger charge is -2.13. The lowest BCUT2D eigenvalue weighted by Crippen LogP contribution is -2.07. The standard InChI is InChI=1S/C12H10ClF3N4/c1-6-2-3-7(12(14,15)16)4-9(6)19-10-8(13)5-18-11(17)20-10/h2-5H,1H3,(H3,17,18,19,20). The first-order valence-corrected chi connectivity index (χ1v) is 5.88. The van der Waals surface area contributed by atoms with Gasteiger partial charge in [-0.05, 0) is 24.6 Å². The smallest absolute Gasteiger partial charge is 0.368 e. The molecule has 3 N–H and O–H groups in total. The molecule has 8 heteroatoms. The summed E-state index contributed by atoms with van der Waals surface area (Å²) in [5.74, 6) is 0.128. The number of nitrogen functional groups attached to an aromatic ring is 1. The minimum absolute atomic E-state index is 0.0264. The van der Waals surface area contributed by atoms with Gasteiger partial charge in [0.25, 0.3) is 0 Å². The van der Waals surface area contributed by atoms with Crippen LogP contribution in [0.15, 0.2) is 24.4 Å². The van der Waals surface area contributed by atoms with E-state index in [9.17, 15) is 13.2 Å². The lowest BCUT2D eigenvalue weighted by atomic mass is 10.1. The van der Waals surface area contributed by atoms with Crippen LogP contribution in [0.5, 0.6) is 0 Å². The molecule has 0 fully saturated rings. The second-order valence-corrected chi connectivity index (χ2v) is 4.48. The highest BCUT2D eigenvalue weighted by molar-refractivity contribution is 6.32. The Kier molecular flexibility index (Phi) is 3.71. The molecule has 0 saturated carbocycles. The van der Waals surface area contributed by atoms with Gasteiger partial charge in [-0.15, -0.1) is 0 Å². The number of rotatable bonds is 2. The Labute approximate surface area is 117 Å². The fraction of sp³-hybridized carbons (Fsp3) is 0.167. The third-order valence-electron chi connectivity index (χ3n) is 2.58. The van der Waals surface area contributed by atoms with Gasteiger partial charge in [-0.1, -0.05) is 17.7 Å². The first-order valence-electron chi connectivity index (χ1n) is 5.50. The number of aromatic nitrogens is 2. The quantitative estimate of drug-likeness (QED) is 0.886. The van der Waals surface area contributed by atoms with Crippen LogP contribution in [0, 0.1) is 6.92 Å². The monoisotopic (exact) mass is 302 g/mol. The zero-order chi connectivity index (χ0) is 14.9. The molecule has 0 bridgehead atoms. The van der Waals surface area contributed by atoms with E-state index in [-0.39, 0.29) is 22.5 Å². The number of nitrogens with two attached hydrogens (primary N) is 1. The largest absolute Gasteiger partial charge is 0.416 e. The van der Waals surface area contributed by atoms with E-state index in [0.717, 1.165) is 12.1 Å². The third kappa shape index (κ3) is 3.11. The maximum absolute atomic E-state index is 12.7. The van der Waals surface area contributed by atoms with Crippen LogP contribution in [0.1, 0.15) is 11.1 Å². The Morgan fingerprint density at radius 3 is 2.65 bits per heavy atom. The fourth-order valence-electron chi connectivity index (χ4n) is 1.53. The molecule has 2 aromatic rings. The summed E-state index contributed by atoms with van der Waals surface area (Å²) < 4.78 is 38.0. The third-order valence-corrected chi connectivity index (χ3v) is 2.86. The zero-order valence-electron chi connectivity index (χ0n) is 10.3. The number of alkyl halides is 3. The molecular formula is C12H10ClF3N4. The molecule has 1 aromatic heterocycles. The van der Waals surface area contributed by atoms with Crippen molar-refractivity contribution in [3.05, 3.63) is 40.5 Å². The van der Waals surface area contributed by atoms with Gasteiger partial charge < -0.3 is 11.1 Å². The van der Waals surface area contributed by atoms with Crippen LogP contribution < -0.4 is 11.1 Å². The van der Waals surface area contributed by atoms with Gasteiger partial charge in [0.15, 0.2) is 5.82 Å². The molecule has 0 radical (unpaired) electrons. The van der Waals surface area contributed by atoms with E-state index in [1.807, 2.05) is 0 Å². The van der Waals surface area contributed by atoms with E-state index in [4.69, 9.17) is 17.3 Å². The lowest BCUT2D eigenvalue weighted by molar-refractivity contribution is -0.137. The molecule has 0 atom stereocenters. The van der Waals surface area contributed by atoms with Gasteiger partial charge in [0.05, 0.1) is 11.8 Å². The number of aryl methyl sites for hydroxylation is 1. The number of hydrogen-bond donors (Lipinski definition) is 2. The van der Waals surface area contributed by atoms with E-state index in [1.165, 1.54) is 12.3 Å². The van der Waals surface area contributed by atoms with Gasteiger partial charge in [-0.2, -0.15) is 18.2 Å². The molecule has 0 saturated heterocycles. The van der Waals surface area contributed by atoms with E-state index in [1.54, 1.807) is 6.92 Å². The summed E-state index contributed by atoms with van der Waals surface area (Å²) in [5, 5.41) is 2.89. The number of benzene rings is 1. The molecule has 20 heavy (non-hydrogen) atoms. The van der Waals surface area contributed by atoms with Gasteiger partial charge in [-0.25, -0.2) is 4.98 Å². The van der Waals surface area contributed by atoms with Gasteiger partial charge in [-0.3, -0.25) is 0 Å². The van der Waals surface area contributed by atoms with Gasteiger partial charge in [0, 0.05) is 5.69 Å². The molecule has 1 aromatic carbocycles. The Bertz CT molecular complexity index is 643. The summed E-state index contributed by atoms with van der Waals surface area (Å²) in [6.45, 7) is 1.67. The fourth-order valence-corrected chi connectivity index (χ4v) is 1.67. The van der Waals surface area contributed by atoms with Crippen molar-refractivity contribution in [1.29, 1.82) is 0 Å². The van der Waals surface area contributed by atoms with Gasteiger partial charge in [0.1, 0.15) is 5.02 Å². The van der Waals surface area contributed by atoms with E-state index >= 15 is 0 Å². The van der Waals surface area contributed by atoms with Crippen LogP contribution >= 0.6 is 11.6 Å². The number of nitrogens with one attached hydrogen (secondary N) is 1.